The Kier molecular flexibility index (Phi) is 4.87. The molecule has 6 nitrogen and oxygen atoms in total. The molecule has 1 aliphatic heterocycles. The van der Waals surface area contributed by atoms with Gasteiger partial charge in [-0.3, -0.25) is 4.72 Å². The first-order valence-electron chi connectivity index (χ1n) is 8.47. The lowest BCUT2D eigenvalue weighted by Crippen LogP contribution is -2.15. The van der Waals surface area contributed by atoms with Crippen molar-refractivity contribution in [1.82, 2.24) is 0 Å². The van der Waals surface area contributed by atoms with Gasteiger partial charge in [0.25, 0.3) is 10.0 Å². The molecule has 0 saturated carbocycles. The zero-order chi connectivity index (χ0) is 21.6. The van der Waals surface area contributed by atoms with Crippen molar-refractivity contribution in [2.24, 2.45) is 0 Å². The number of phenols is 1. The van der Waals surface area contributed by atoms with Crippen molar-refractivity contribution < 1.29 is 31.8 Å². The van der Waals surface area contributed by atoms with Gasteiger partial charge in [0.2, 0.25) is 0 Å². The van der Waals surface area contributed by atoms with Crippen LogP contribution in [0.4, 0.5) is 14.5 Å². The van der Waals surface area contributed by atoms with Crippen LogP contribution in [0.1, 0.15) is 15.9 Å². The van der Waals surface area contributed by atoms with E-state index in [1.165, 1.54) is 6.07 Å². The fourth-order valence-electron chi connectivity index (χ4n) is 3.07. The number of hydrogen-bond donors (Lipinski definition) is 2. The predicted octanol–water partition coefficient (Wildman–Crippen LogP) is 4.46. The number of anilines is 1. The number of hydrogen-bond acceptors (Lipinski definition) is 5. The maximum atomic E-state index is 14.5. The predicted molar refractivity (Wildman–Crippen MR) is 105 cm³/mol. The summed E-state index contributed by atoms with van der Waals surface area (Å²) in [6.45, 7) is -0.269. The SMILES string of the molecule is O=C1OCc2ccccc2-c2cc(c(F)cc2F)NS(=O)(=O)c2cc1cc(Cl)c2O. The van der Waals surface area contributed by atoms with Crippen LogP contribution in [0.15, 0.2) is 53.4 Å². The average Bonchev–Trinajstić information content (AvgIpc) is 2.70. The van der Waals surface area contributed by atoms with Gasteiger partial charge in [0.15, 0.2) is 5.75 Å². The van der Waals surface area contributed by atoms with Crippen molar-refractivity contribution in [1.29, 1.82) is 0 Å². The van der Waals surface area contributed by atoms with E-state index >= 15 is 0 Å². The number of fused-ring (bicyclic) bond motifs is 6. The van der Waals surface area contributed by atoms with E-state index in [0.29, 0.717) is 11.6 Å². The Morgan fingerprint density at radius 3 is 2.53 bits per heavy atom. The lowest BCUT2D eigenvalue weighted by atomic mass is 9.99. The Morgan fingerprint density at radius 2 is 1.77 bits per heavy atom. The Bertz CT molecular complexity index is 1310. The molecule has 0 saturated heterocycles. The Hall–Kier alpha value is -3.17. The summed E-state index contributed by atoms with van der Waals surface area (Å²) in [5, 5.41) is 9.70. The molecule has 10 heteroatoms. The number of esters is 1. The number of phenolic OH excluding ortho intramolecular Hbond substituents is 1. The summed E-state index contributed by atoms with van der Waals surface area (Å²) in [5.74, 6) is -3.85. The monoisotopic (exact) mass is 451 g/mol. The molecule has 3 aromatic carbocycles. The number of rotatable bonds is 0. The van der Waals surface area contributed by atoms with Crippen LogP contribution in [0.25, 0.3) is 11.1 Å². The standard InChI is InChI=1S/C20H12ClF2NO5S/c21-14-5-11-6-18(19(14)25)30(27,28)24-17-7-13(15(22)8-16(17)23)12-4-2-1-3-10(12)9-29-20(11)26/h1-8,24-25H,9H2. The molecule has 0 fully saturated rings. The summed E-state index contributed by atoms with van der Waals surface area (Å²) in [7, 11) is -4.60. The van der Waals surface area contributed by atoms with Crippen LogP contribution >= 0.6 is 11.6 Å². The molecule has 30 heavy (non-hydrogen) atoms. The molecular weight excluding hydrogens is 440 g/mol. The minimum absolute atomic E-state index is 0.103. The van der Waals surface area contributed by atoms with Crippen molar-refractivity contribution in [3.8, 4) is 16.9 Å². The summed E-state index contributed by atoms with van der Waals surface area (Å²) in [6.07, 6.45) is 0. The number of benzene rings is 3. The smallest absolute Gasteiger partial charge is 0.338 e. The van der Waals surface area contributed by atoms with Gasteiger partial charge in [0.05, 0.1) is 16.3 Å². The summed E-state index contributed by atoms with van der Waals surface area (Å²) in [5.41, 5.74) is -0.194. The molecule has 2 N–H and O–H groups in total. The second kappa shape index (κ2) is 7.26. The second-order valence-corrected chi connectivity index (χ2v) is 8.51. The van der Waals surface area contributed by atoms with E-state index in [0.717, 1.165) is 18.2 Å². The van der Waals surface area contributed by atoms with Gasteiger partial charge in [-0.15, -0.1) is 0 Å². The van der Waals surface area contributed by atoms with E-state index in [2.05, 4.69) is 0 Å². The van der Waals surface area contributed by atoms with Crippen LogP contribution in [0, 0.1) is 11.6 Å². The first-order chi connectivity index (χ1) is 14.2. The minimum atomic E-state index is -4.60. The van der Waals surface area contributed by atoms with Gasteiger partial charge in [-0.2, -0.15) is 0 Å². The van der Waals surface area contributed by atoms with Gasteiger partial charge in [0.1, 0.15) is 23.1 Å². The lowest BCUT2D eigenvalue weighted by molar-refractivity contribution is 0.0473. The molecule has 0 spiro atoms. The number of halogens is 3. The molecule has 4 rings (SSSR count). The van der Waals surface area contributed by atoms with Crippen LogP contribution in [0.2, 0.25) is 5.02 Å². The maximum absolute atomic E-state index is 14.5. The molecule has 0 aromatic heterocycles. The summed E-state index contributed by atoms with van der Waals surface area (Å²) in [6, 6.07) is 9.80. The molecule has 3 aromatic rings. The normalized spacial score (nSPS) is 15.0. The first kappa shape index (κ1) is 20.1. The van der Waals surface area contributed by atoms with E-state index in [4.69, 9.17) is 16.3 Å². The van der Waals surface area contributed by atoms with Gasteiger partial charge in [-0.25, -0.2) is 22.0 Å². The first-order valence-corrected chi connectivity index (χ1v) is 10.3. The highest BCUT2D eigenvalue weighted by Gasteiger charge is 2.27. The number of sulfonamides is 1. The quantitative estimate of drug-likeness (QED) is 0.492. The molecule has 1 aliphatic rings. The van der Waals surface area contributed by atoms with Crippen molar-refractivity contribution >= 4 is 33.3 Å². The summed E-state index contributed by atoms with van der Waals surface area (Å²) in [4.78, 5) is 11.7. The van der Waals surface area contributed by atoms with Crippen LogP contribution in [-0.4, -0.2) is 19.5 Å². The van der Waals surface area contributed by atoms with E-state index in [1.54, 1.807) is 18.2 Å². The molecule has 1 heterocycles. The number of carbonyl (C=O) groups is 1. The summed E-state index contributed by atoms with van der Waals surface area (Å²) < 4.78 is 61.7. The van der Waals surface area contributed by atoms with Crippen LogP contribution in [0.3, 0.4) is 0 Å². The average molecular weight is 452 g/mol. The second-order valence-electron chi connectivity index (χ2n) is 6.46. The fourth-order valence-corrected chi connectivity index (χ4v) is 4.54. The number of nitrogens with one attached hydrogen (secondary N) is 1. The third kappa shape index (κ3) is 3.46. The zero-order valence-electron chi connectivity index (χ0n) is 14.9. The van der Waals surface area contributed by atoms with Gasteiger partial charge < -0.3 is 9.84 Å². The molecule has 0 aliphatic carbocycles. The lowest BCUT2D eigenvalue weighted by Gasteiger charge is -2.14. The molecule has 0 unspecified atom stereocenters. The van der Waals surface area contributed by atoms with E-state index in [1.807, 2.05) is 4.72 Å². The minimum Gasteiger partial charge on any atom is -0.505 e. The largest absolute Gasteiger partial charge is 0.505 e. The highest BCUT2D eigenvalue weighted by molar-refractivity contribution is 7.92. The highest BCUT2D eigenvalue weighted by Crippen LogP contribution is 2.36. The van der Waals surface area contributed by atoms with Gasteiger partial charge >= 0.3 is 5.97 Å². The maximum Gasteiger partial charge on any atom is 0.338 e. The molecule has 154 valence electrons. The van der Waals surface area contributed by atoms with Gasteiger partial charge in [0, 0.05) is 11.6 Å². The van der Waals surface area contributed by atoms with Gasteiger partial charge in [-0.05, 0) is 29.3 Å². The third-order valence-electron chi connectivity index (χ3n) is 4.52. The molecule has 4 bridgehead atoms. The highest BCUT2D eigenvalue weighted by atomic mass is 35.5. The Morgan fingerprint density at radius 1 is 1.03 bits per heavy atom. The van der Waals surface area contributed by atoms with Crippen LogP contribution < -0.4 is 4.72 Å². The number of aromatic hydroxyl groups is 1. The van der Waals surface area contributed by atoms with Crippen molar-refractivity contribution in [2.75, 3.05) is 4.72 Å². The third-order valence-corrected chi connectivity index (χ3v) is 6.19. The van der Waals surface area contributed by atoms with E-state index < -0.39 is 49.0 Å². The molecule has 0 radical (unpaired) electrons. The van der Waals surface area contributed by atoms with Crippen molar-refractivity contribution in [3.05, 3.63) is 76.3 Å². The topological polar surface area (TPSA) is 92.7 Å². The number of ether oxygens (including phenoxy) is 1. The van der Waals surface area contributed by atoms with E-state index in [-0.39, 0.29) is 23.3 Å². The Labute approximate surface area is 174 Å². The summed E-state index contributed by atoms with van der Waals surface area (Å²) >= 11 is 5.88. The molecular formula is C20H12ClF2NO5S. The number of carbonyl (C=O) groups excluding carboxylic acids is 1. The van der Waals surface area contributed by atoms with E-state index in [9.17, 15) is 27.1 Å². The van der Waals surface area contributed by atoms with Crippen molar-refractivity contribution in [3.63, 3.8) is 0 Å². The van der Waals surface area contributed by atoms with Crippen LogP contribution in [-0.2, 0) is 21.4 Å². The number of cyclic esters (lactones) is 1. The Balaban J connectivity index is 2.01. The van der Waals surface area contributed by atoms with Crippen molar-refractivity contribution in [2.45, 2.75) is 11.5 Å². The zero-order valence-corrected chi connectivity index (χ0v) is 16.5. The van der Waals surface area contributed by atoms with Gasteiger partial charge in [-0.1, -0.05) is 35.9 Å². The van der Waals surface area contributed by atoms with Crippen LogP contribution in [0.5, 0.6) is 5.75 Å². The molecule has 0 atom stereocenters. The molecule has 0 amide bonds. The fraction of sp³-hybridized carbons (Fsp3) is 0.0500.